The third-order valence-corrected chi connectivity index (χ3v) is 5.31. The van der Waals surface area contributed by atoms with Crippen molar-refractivity contribution in [1.82, 2.24) is 20.4 Å². The number of rotatable bonds is 9. The molecule has 7 nitrogen and oxygen atoms in total. The van der Waals surface area contributed by atoms with Crippen LogP contribution in [0.4, 0.5) is 0 Å². The predicted molar refractivity (Wildman–Crippen MR) is 119 cm³/mol. The number of hydrogen-bond donors (Lipinski definition) is 2. The molecule has 1 aromatic heterocycles. The maximum absolute atomic E-state index is 12.9. The minimum Gasteiger partial charge on any atom is -0.477 e. The summed E-state index contributed by atoms with van der Waals surface area (Å²) in [6.45, 7) is 12.5. The third kappa shape index (κ3) is 7.18. The summed E-state index contributed by atoms with van der Waals surface area (Å²) in [6, 6.07) is 0.203. The number of amides is 2. The van der Waals surface area contributed by atoms with Gasteiger partial charge in [-0.15, -0.1) is 0 Å². The number of aromatic nitrogens is 2. The van der Waals surface area contributed by atoms with Gasteiger partial charge in [0.1, 0.15) is 5.56 Å². The van der Waals surface area contributed by atoms with Gasteiger partial charge in [-0.2, -0.15) is 5.10 Å². The van der Waals surface area contributed by atoms with Crippen molar-refractivity contribution in [2.24, 2.45) is 11.8 Å². The lowest BCUT2D eigenvalue weighted by atomic mass is 9.87. The molecule has 1 aliphatic carbocycles. The number of carbonyl (C=O) groups is 2. The monoisotopic (exact) mass is 418 g/mol. The van der Waals surface area contributed by atoms with Crippen molar-refractivity contribution < 1.29 is 14.3 Å². The Labute approximate surface area is 180 Å². The van der Waals surface area contributed by atoms with Gasteiger partial charge in [-0.1, -0.05) is 27.7 Å². The lowest BCUT2D eigenvalue weighted by Crippen LogP contribution is -2.41. The van der Waals surface area contributed by atoms with Gasteiger partial charge in [0.25, 0.3) is 5.91 Å². The Hall–Kier alpha value is -2.31. The predicted octanol–water partition coefficient (Wildman–Crippen LogP) is 4.00. The maximum Gasteiger partial charge on any atom is 0.258 e. The number of carbonyl (C=O) groups excluding carboxylic acids is 2. The zero-order valence-electron chi connectivity index (χ0n) is 19.3. The molecule has 1 aliphatic rings. The van der Waals surface area contributed by atoms with Crippen LogP contribution in [0.15, 0.2) is 12.3 Å². The molecular formula is C23H38N4O3. The van der Waals surface area contributed by atoms with Gasteiger partial charge in [-0.05, 0) is 57.4 Å². The Morgan fingerprint density at radius 2 is 1.97 bits per heavy atom. The van der Waals surface area contributed by atoms with Crippen LogP contribution in [0.2, 0.25) is 0 Å². The van der Waals surface area contributed by atoms with Crippen LogP contribution in [0.5, 0.6) is 5.88 Å². The Morgan fingerprint density at radius 1 is 1.30 bits per heavy atom. The minimum absolute atomic E-state index is 0.0248. The fourth-order valence-corrected chi connectivity index (χ4v) is 3.42. The molecule has 0 unspecified atom stereocenters. The fourth-order valence-electron chi connectivity index (χ4n) is 3.42. The molecule has 0 atom stereocenters. The summed E-state index contributed by atoms with van der Waals surface area (Å²) in [6.07, 6.45) is 9.86. The van der Waals surface area contributed by atoms with Crippen LogP contribution in [0.3, 0.4) is 0 Å². The van der Waals surface area contributed by atoms with Crippen molar-refractivity contribution in [3.05, 3.63) is 17.8 Å². The van der Waals surface area contributed by atoms with Gasteiger partial charge in [-0.25, -0.2) is 4.68 Å². The van der Waals surface area contributed by atoms with E-state index >= 15 is 0 Å². The topological polar surface area (TPSA) is 85.2 Å². The highest BCUT2D eigenvalue weighted by Crippen LogP contribution is 2.25. The molecule has 1 aromatic rings. The van der Waals surface area contributed by atoms with Crippen molar-refractivity contribution in [1.29, 1.82) is 0 Å². The highest BCUT2D eigenvalue weighted by Gasteiger charge is 2.24. The molecule has 0 bridgehead atoms. The van der Waals surface area contributed by atoms with E-state index in [2.05, 4.69) is 36.5 Å². The molecule has 0 aliphatic heterocycles. The van der Waals surface area contributed by atoms with E-state index in [9.17, 15) is 9.59 Å². The average molecular weight is 419 g/mol. The first-order chi connectivity index (χ1) is 14.1. The van der Waals surface area contributed by atoms with Crippen molar-refractivity contribution >= 4 is 18.0 Å². The summed E-state index contributed by atoms with van der Waals surface area (Å²) in [4.78, 5) is 24.7. The summed E-state index contributed by atoms with van der Waals surface area (Å²) in [5.74, 6) is 1.30. The summed E-state index contributed by atoms with van der Waals surface area (Å²) in [5.41, 5.74) is -0.107. The van der Waals surface area contributed by atoms with Crippen LogP contribution >= 0.6 is 0 Å². The highest BCUT2D eigenvalue weighted by atomic mass is 16.5. The molecule has 2 N–H and O–H groups in total. The summed E-state index contributed by atoms with van der Waals surface area (Å²) < 4.78 is 7.54. The van der Waals surface area contributed by atoms with Gasteiger partial charge in [0, 0.05) is 18.7 Å². The van der Waals surface area contributed by atoms with Gasteiger partial charge in [0.2, 0.25) is 11.8 Å². The van der Waals surface area contributed by atoms with Gasteiger partial charge in [0.05, 0.1) is 18.3 Å². The van der Waals surface area contributed by atoms with E-state index in [1.54, 1.807) is 17.1 Å². The molecule has 2 amide bonds. The van der Waals surface area contributed by atoms with E-state index in [1.165, 1.54) is 0 Å². The zero-order chi connectivity index (χ0) is 22.3. The lowest BCUT2D eigenvalue weighted by molar-refractivity contribution is -0.121. The van der Waals surface area contributed by atoms with Gasteiger partial charge >= 0.3 is 0 Å². The molecule has 30 heavy (non-hydrogen) atoms. The molecule has 0 radical (unpaired) electrons. The van der Waals surface area contributed by atoms with E-state index < -0.39 is 5.54 Å². The lowest BCUT2D eigenvalue weighted by Gasteiger charge is -2.26. The van der Waals surface area contributed by atoms with Crippen LogP contribution in [-0.2, 0) is 4.79 Å². The SMILES string of the molecule is CCC(=O)NC(C)(C)/C=C/n1ncc(C(=O)NC2CCC(C)CC2)c1OCC(C)C. The minimum atomic E-state index is -0.546. The zero-order valence-corrected chi connectivity index (χ0v) is 19.3. The molecule has 2 rings (SSSR count). The largest absolute Gasteiger partial charge is 0.477 e. The molecule has 1 fully saturated rings. The second-order valence-electron chi connectivity index (χ2n) is 9.38. The van der Waals surface area contributed by atoms with Crippen molar-refractivity contribution in [3.63, 3.8) is 0 Å². The summed E-state index contributed by atoms with van der Waals surface area (Å²) in [7, 11) is 0. The van der Waals surface area contributed by atoms with Crippen LogP contribution in [0.1, 0.15) is 84.0 Å². The van der Waals surface area contributed by atoms with Gasteiger partial charge in [0.15, 0.2) is 0 Å². The van der Waals surface area contributed by atoms with Gasteiger partial charge in [-0.3, -0.25) is 9.59 Å². The molecule has 168 valence electrons. The van der Waals surface area contributed by atoms with Crippen molar-refractivity contribution in [3.8, 4) is 5.88 Å². The summed E-state index contributed by atoms with van der Waals surface area (Å²) >= 11 is 0. The van der Waals surface area contributed by atoms with E-state index in [0.717, 1.165) is 31.6 Å². The van der Waals surface area contributed by atoms with Crippen molar-refractivity contribution in [2.45, 2.75) is 85.2 Å². The Bertz CT molecular complexity index is 744. The Morgan fingerprint density at radius 3 is 2.57 bits per heavy atom. The highest BCUT2D eigenvalue weighted by molar-refractivity contribution is 5.96. The second-order valence-corrected chi connectivity index (χ2v) is 9.38. The molecule has 1 saturated carbocycles. The first kappa shape index (κ1) is 24.0. The van der Waals surface area contributed by atoms with E-state index in [0.29, 0.717) is 30.4 Å². The first-order valence-electron chi connectivity index (χ1n) is 11.1. The van der Waals surface area contributed by atoms with E-state index in [-0.39, 0.29) is 17.9 Å². The molecule has 0 aromatic carbocycles. The van der Waals surface area contributed by atoms with E-state index in [1.807, 2.05) is 26.8 Å². The van der Waals surface area contributed by atoms with Crippen LogP contribution < -0.4 is 15.4 Å². The standard InChI is InChI=1S/C23H38N4O3/c1-7-20(28)26-23(5,6)12-13-27-22(30-15-16(2)3)19(14-24-27)21(29)25-18-10-8-17(4)9-11-18/h12-14,16-18H,7-11,15H2,1-6H3,(H,25,29)(H,26,28)/b13-12+. The third-order valence-electron chi connectivity index (χ3n) is 5.31. The molecule has 0 spiro atoms. The van der Waals surface area contributed by atoms with Crippen LogP contribution in [0.25, 0.3) is 6.20 Å². The second kappa shape index (κ2) is 10.6. The maximum atomic E-state index is 12.9. The molecule has 7 heteroatoms. The van der Waals surface area contributed by atoms with Crippen LogP contribution in [-0.4, -0.2) is 39.8 Å². The smallest absolute Gasteiger partial charge is 0.258 e. The number of nitrogens with zero attached hydrogens (tertiary/aromatic N) is 2. The molecule has 0 saturated heterocycles. The van der Waals surface area contributed by atoms with Gasteiger partial charge < -0.3 is 15.4 Å². The number of hydrogen-bond acceptors (Lipinski definition) is 4. The molecule has 1 heterocycles. The van der Waals surface area contributed by atoms with Crippen LogP contribution in [0, 0.1) is 11.8 Å². The van der Waals surface area contributed by atoms with E-state index in [4.69, 9.17) is 4.74 Å². The average Bonchev–Trinajstić information content (AvgIpc) is 3.09. The fraction of sp³-hybridized carbons (Fsp3) is 0.696. The van der Waals surface area contributed by atoms with Crippen molar-refractivity contribution in [2.75, 3.05) is 6.61 Å². The number of ether oxygens (including phenoxy) is 1. The number of nitrogens with one attached hydrogen (secondary N) is 2. The first-order valence-corrected chi connectivity index (χ1v) is 11.1. The normalized spacial score (nSPS) is 19.8. The Balaban J connectivity index is 2.18. The molecular weight excluding hydrogens is 380 g/mol. The Kier molecular flexibility index (Phi) is 8.50. The summed E-state index contributed by atoms with van der Waals surface area (Å²) in [5, 5.41) is 10.4. The quantitative estimate of drug-likeness (QED) is 0.635.